The van der Waals surface area contributed by atoms with Crippen molar-refractivity contribution in [2.45, 2.75) is 69.9 Å². The van der Waals surface area contributed by atoms with Gasteiger partial charge in [0.1, 0.15) is 0 Å². The molecular weight excluding hydrogens is 570 g/mol. The summed E-state index contributed by atoms with van der Waals surface area (Å²) in [7, 11) is 2.35. The lowest BCUT2D eigenvalue weighted by Crippen LogP contribution is -2.56. The van der Waals surface area contributed by atoms with Crippen LogP contribution in [0.1, 0.15) is 69.6 Å². The minimum Gasteiger partial charge on any atom is -0.248 e. The van der Waals surface area contributed by atoms with Crippen molar-refractivity contribution in [3.05, 3.63) is 108 Å². The summed E-state index contributed by atoms with van der Waals surface area (Å²) < 4.78 is 0. The number of nitrogens with zero attached hydrogens (tertiary/aromatic N) is 2. The highest BCUT2D eigenvalue weighted by atomic mass is 31.1. The number of rotatable bonds is 6. The molecule has 2 nitrogen and oxygen atoms in total. The zero-order valence-electron chi connectivity index (χ0n) is 26.3. The van der Waals surface area contributed by atoms with E-state index >= 15 is 0 Å². The Morgan fingerprint density at radius 2 is 1.34 bits per heavy atom. The highest BCUT2D eigenvalue weighted by Crippen LogP contribution is 2.64. The first-order valence-electron chi connectivity index (χ1n) is 16.6. The molecule has 0 radical (unpaired) electrons. The van der Waals surface area contributed by atoms with Gasteiger partial charge in [0.2, 0.25) is 0 Å². The lowest BCUT2D eigenvalue weighted by atomic mass is 9.43. The second-order valence-corrected chi connectivity index (χ2v) is 17.6. The van der Waals surface area contributed by atoms with Crippen molar-refractivity contribution >= 4 is 49.8 Å². The van der Waals surface area contributed by atoms with Gasteiger partial charge < -0.3 is 0 Å². The maximum absolute atomic E-state index is 5.34. The summed E-state index contributed by atoms with van der Waals surface area (Å²) in [5.74, 6) is 3.46. The Hall–Kier alpha value is -2.66. The molecule has 0 saturated heterocycles. The summed E-state index contributed by atoms with van der Waals surface area (Å²) in [6.07, 6.45) is 9.34. The lowest BCUT2D eigenvalue weighted by Gasteiger charge is -2.62. The van der Waals surface area contributed by atoms with Gasteiger partial charge in [-0.05, 0) is 114 Å². The minimum atomic E-state index is -0.825. The number of aromatic nitrogens is 2. The van der Waals surface area contributed by atoms with E-state index in [4.69, 9.17) is 9.97 Å². The average Bonchev–Trinajstić information content (AvgIpc) is 3.02. The molecule has 4 saturated carbocycles. The summed E-state index contributed by atoms with van der Waals surface area (Å²) in [5, 5.41) is 2.40. The monoisotopic (exact) mass is 614 g/mol. The molecule has 4 fully saturated rings. The van der Waals surface area contributed by atoms with Crippen LogP contribution in [0.15, 0.2) is 91.0 Å². The van der Waals surface area contributed by atoms with Crippen LogP contribution in [-0.4, -0.2) is 16.1 Å². The first kappa shape index (κ1) is 28.8. The molecule has 44 heavy (non-hydrogen) atoms. The molecule has 4 bridgehead atoms. The van der Waals surface area contributed by atoms with Crippen LogP contribution in [0, 0.1) is 23.7 Å². The SMILES string of the molecule is CC(C)(C)c1ccc(C23CC4CC(CC(C4)C2CP)C3)c(CP(c2ccc3ccccc3n2)c2ccc3ccccc3n2)c1. The molecule has 4 atom stereocenters. The van der Waals surface area contributed by atoms with Crippen LogP contribution in [0.3, 0.4) is 0 Å². The van der Waals surface area contributed by atoms with Crippen LogP contribution in [0.2, 0.25) is 0 Å². The van der Waals surface area contributed by atoms with Gasteiger partial charge in [-0.1, -0.05) is 87.5 Å². The van der Waals surface area contributed by atoms with E-state index < -0.39 is 7.92 Å². The molecule has 4 aliphatic rings. The van der Waals surface area contributed by atoms with E-state index in [0.717, 1.165) is 40.9 Å². The summed E-state index contributed by atoms with van der Waals surface area (Å²) in [5.41, 5.74) is 9.57. The molecule has 4 aliphatic carbocycles. The summed E-state index contributed by atoms with van der Waals surface area (Å²) >= 11 is 0. The van der Waals surface area contributed by atoms with Gasteiger partial charge in [-0.3, -0.25) is 0 Å². The summed E-state index contributed by atoms with van der Waals surface area (Å²) in [4.78, 5) is 10.7. The molecule has 224 valence electrons. The molecule has 5 aromatic rings. The molecule has 4 heteroatoms. The van der Waals surface area contributed by atoms with Gasteiger partial charge in [0.25, 0.3) is 0 Å². The fourth-order valence-corrected chi connectivity index (χ4v) is 12.5. The fraction of sp³-hybridized carbons (Fsp3) is 0.400. The Balaban J connectivity index is 1.31. The van der Waals surface area contributed by atoms with E-state index in [0.29, 0.717) is 5.41 Å². The zero-order valence-corrected chi connectivity index (χ0v) is 28.4. The van der Waals surface area contributed by atoms with Crippen LogP contribution in [0.5, 0.6) is 0 Å². The van der Waals surface area contributed by atoms with Crippen LogP contribution in [0.25, 0.3) is 21.8 Å². The molecule has 2 aromatic heterocycles. The predicted octanol–water partition coefficient (Wildman–Crippen LogP) is 9.28. The summed E-state index contributed by atoms with van der Waals surface area (Å²) in [6.45, 7) is 7.09. The first-order chi connectivity index (χ1) is 21.3. The molecule has 4 unspecified atom stereocenters. The van der Waals surface area contributed by atoms with E-state index in [1.807, 2.05) is 0 Å². The van der Waals surface area contributed by atoms with Crippen molar-refractivity contribution in [3.8, 4) is 0 Å². The average molecular weight is 615 g/mol. The molecule has 0 spiro atoms. The minimum absolute atomic E-state index is 0.0971. The van der Waals surface area contributed by atoms with Crippen molar-refractivity contribution in [2.75, 3.05) is 6.16 Å². The standard InChI is InChI=1S/C40H44N2P2/c1-39(2,3)32-14-15-33(40-22-26-18-27(23-40)20-30(19-26)34(40)24-43)31(21-32)25-44(37-16-12-28-8-4-6-10-35(28)41-37)38-17-13-29-9-5-7-11-36(29)42-38/h4-17,21,26-27,30,34H,18-20,22-25,43H2,1-3H3. The number of fused-ring (bicyclic) bond motifs is 2. The second kappa shape index (κ2) is 11.0. The highest BCUT2D eigenvalue weighted by molar-refractivity contribution is 7.71. The molecule has 9 rings (SSSR count). The molecule has 0 aliphatic heterocycles. The maximum Gasteiger partial charge on any atom is 0.0709 e. The van der Waals surface area contributed by atoms with Gasteiger partial charge in [0, 0.05) is 24.9 Å². The Morgan fingerprint density at radius 3 is 1.91 bits per heavy atom. The molecule has 0 amide bonds. The van der Waals surface area contributed by atoms with E-state index in [1.165, 1.54) is 65.5 Å². The van der Waals surface area contributed by atoms with Gasteiger partial charge in [-0.25, -0.2) is 9.97 Å². The third kappa shape index (κ3) is 4.93. The Kier molecular flexibility index (Phi) is 7.20. The lowest BCUT2D eigenvalue weighted by molar-refractivity contribution is -0.0520. The largest absolute Gasteiger partial charge is 0.248 e. The van der Waals surface area contributed by atoms with Crippen LogP contribution >= 0.6 is 17.2 Å². The van der Waals surface area contributed by atoms with Crippen molar-refractivity contribution in [2.24, 2.45) is 23.7 Å². The van der Waals surface area contributed by atoms with Gasteiger partial charge >= 0.3 is 0 Å². The number of pyridine rings is 2. The van der Waals surface area contributed by atoms with E-state index in [1.54, 1.807) is 11.1 Å². The molecule has 2 heterocycles. The number of hydrogen-bond acceptors (Lipinski definition) is 2. The van der Waals surface area contributed by atoms with Crippen LogP contribution in [0.4, 0.5) is 0 Å². The van der Waals surface area contributed by atoms with Crippen LogP contribution < -0.4 is 10.9 Å². The normalized spacial score (nSPS) is 26.2. The highest BCUT2D eigenvalue weighted by Gasteiger charge is 2.57. The van der Waals surface area contributed by atoms with Gasteiger partial charge in [0.05, 0.1) is 21.9 Å². The van der Waals surface area contributed by atoms with Crippen LogP contribution in [-0.2, 0) is 17.0 Å². The van der Waals surface area contributed by atoms with Gasteiger partial charge in [-0.15, -0.1) is 9.24 Å². The Bertz CT molecular complexity index is 1760. The predicted molar refractivity (Wildman–Crippen MR) is 192 cm³/mol. The number of para-hydroxylation sites is 2. The smallest absolute Gasteiger partial charge is 0.0709 e. The molecular formula is C40H44N2P2. The van der Waals surface area contributed by atoms with E-state index in [9.17, 15) is 0 Å². The van der Waals surface area contributed by atoms with E-state index in [-0.39, 0.29) is 5.41 Å². The molecule has 3 aromatic carbocycles. The van der Waals surface area contributed by atoms with Gasteiger partial charge in [-0.2, -0.15) is 0 Å². The van der Waals surface area contributed by atoms with Gasteiger partial charge in [0.15, 0.2) is 0 Å². The first-order valence-corrected chi connectivity index (χ1v) is 19.0. The Labute approximate surface area is 266 Å². The topological polar surface area (TPSA) is 25.8 Å². The third-order valence-electron chi connectivity index (χ3n) is 11.3. The van der Waals surface area contributed by atoms with Crippen molar-refractivity contribution < 1.29 is 0 Å². The van der Waals surface area contributed by atoms with Crippen molar-refractivity contribution in [1.29, 1.82) is 0 Å². The number of hydrogen-bond donors (Lipinski definition) is 0. The third-order valence-corrected chi connectivity index (χ3v) is 14.1. The van der Waals surface area contributed by atoms with E-state index in [2.05, 4.69) is 121 Å². The number of benzene rings is 3. The molecule has 0 N–H and O–H groups in total. The quantitative estimate of drug-likeness (QED) is 0.178. The van der Waals surface area contributed by atoms with Crippen molar-refractivity contribution in [3.63, 3.8) is 0 Å². The fourth-order valence-electron chi connectivity index (χ4n) is 9.52. The summed E-state index contributed by atoms with van der Waals surface area (Å²) in [6, 6.07) is 33.9. The van der Waals surface area contributed by atoms with Crippen molar-refractivity contribution in [1.82, 2.24) is 9.97 Å². The maximum atomic E-state index is 5.34. The zero-order chi connectivity index (χ0) is 30.1. The second-order valence-electron chi connectivity index (χ2n) is 15.0. The Morgan fingerprint density at radius 1 is 0.750 bits per heavy atom.